The minimum Gasteiger partial charge on any atom is -0.282 e. The molecular formula is C20H23N3. The minimum absolute atomic E-state index is 0.592. The zero-order chi connectivity index (χ0) is 16.4. The van der Waals surface area contributed by atoms with Gasteiger partial charge in [0.25, 0.3) is 0 Å². The van der Waals surface area contributed by atoms with Crippen LogP contribution in [0.1, 0.15) is 30.7 Å². The van der Waals surface area contributed by atoms with Gasteiger partial charge in [-0.05, 0) is 48.9 Å². The van der Waals surface area contributed by atoms with Gasteiger partial charge in [0.2, 0.25) is 0 Å². The van der Waals surface area contributed by atoms with E-state index in [1.54, 1.807) is 0 Å². The summed E-state index contributed by atoms with van der Waals surface area (Å²) in [5, 5.41) is 7.47. The monoisotopic (exact) mass is 305 g/mol. The topological polar surface area (TPSA) is 41.6 Å². The average molecular weight is 305 g/mol. The first kappa shape index (κ1) is 15.5. The number of rotatable bonds is 4. The summed E-state index contributed by atoms with van der Waals surface area (Å²) in [6.45, 7) is 8.62. The van der Waals surface area contributed by atoms with E-state index >= 15 is 0 Å². The van der Waals surface area contributed by atoms with Crippen LogP contribution >= 0.6 is 0 Å². The average Bonchev–Trinajstić information content (AvgIpc) is 2.87. The number of aryl methyl sites for hydroxylation is 1. The Bertz CT molecular complexity index is 801. The Hall–Kier alpha value is -2.42. The van der Waals surface area contributed by atoms with Crippen molar-refractivity contribution in [2.45, 2.75) is 34.1 Å². The van der Waals surface area contributed by atoms with Gasteiger partial charge >= 0.3 is 0 Å². The predicted octanol–water partition coefficient (Wildman–Crippen LogP) is 4.95. The Morgan fingerprint density at radius 1 is 1.09 bits per heavy atom. The van der Waals surface area contributed by atoms with Gasteiger partial charge in [-0.15, -0.1) is 0 Å². The van der Waals surface area contributed by atoms with Crippen LogP contribution in [0, 0.1) is 19.8 Å². The third-order valence-electron chi connectivity index (χ3n) is 4.20. The molecule has 0 atom stereocenters. The lowest BCUT2D eigenvalue weighted by Gasteiger charge is -2.13. The molecule has 3 rings (SSSR count). The van der Waals surface area contributed by atoms with Crippen molar-refractivity contribution in [1.29, 1.82) is 0 Å². The van der Waals surface area contributed by atoms with Gasteiger partial charge in [-0.25, -0.2) is 0 Å². The van der Waals surface area contributed by atoms with Crippen LogP contribution in [0.25, 0.3) is 22.5 Å². The van der Waals surface area contributed by atoms with Gasteiger partial charge < -0.3 is 0 Å². The molecule has 0 amide bonds. The number of aromatic amines is 1. The Kier molecular flexibility index (Phi) is 4.28. The second-order valence-electron chi connectivity index (χ2n) is 6.51. The fraction of sp³-hybridized carbons (Fsp3) is 0.300. The first-order chi connectivity index (χ1) is 11.1. The van der Waals surface area contributed by atoms with E-state index in [1.807, 2.05) is 19.2 Å². The zero-order valence-electron chi connectivity index (χ0n) is 14.2. The summed E-state index contributed by atoms with van der Waals surface area (Å²) in [7, 11) is 0. The third-order valence-corrected chi connectivity index (χ3v) is 4.20. The second kappa shape index (κ2) is 6.37. The normalized spacial score (nSPS) is 11.2. The highest BCUT2D eigenvalue weighted by Gasteiger charge is 2.14. The molecule has 0 unspecified atom stereocenters. The van der Waals surface area contributed by atoms with E-state index in [-0.39, 0.29) is 0 Å². The maximum atomic E-state index is 4.68. The van der Waals surface area contributed by atoms with Crippen molar-refractivity contribution in [3.05, 3.63) is 59.4 Å². The van der Waals surface area contributed by atoms with Crippen molar-refractivity contribution in [1.82, 2.24) is 15.2 Å². The number of pyridine rings is 1. The highest BCUT2D eigenvalue weighted by Crippen LogP contribution is 2.29. The summed E-state index contributed by atoms with van der Waals surface area (Å²) in [5.41, 5.74) is 7.93. The Labute approximate surface area is 137 Å². The molecule has 118 valence electrons. The number of hydrogen-bond donors (Lipinski definition) is 1. The van der Waals surface area contributed by atoms with Crippen LogP contribution in [-0.4, -0.2) is 15.2 Å². The molecule has 23 heavy (non-hydrogen) atoms. The molecule has 1 N–H and O–H groups in total. The number of benzene rings is 1. The van der Waals surface area contributed by atoms with Crippen LogP contribution < -0.4 is 0 Å². The molecule has 0 aliphatic carbocycles. The van der Waals surface area contributed by atoms with Crippen LogP contribution in [0.4, 0.5) is 0 Å². The van der Waals surface area contributed by atoms with E-state index in [1.165, 1.54) is 22.3 Å². The summed E-state index contributed by atoms with van der Waals surface area (Å²) in [6.07, 6.45) is 3.02. The Balaban J connectivity index is 2.10. The molecule has 0 radical (unpaired) electrons. The van der Waals surface area contributed by atoms with Crippen molar-refractivity contribution in [2.75, 3.05) is 0 Å². The molecule has 0 spiro atoms. The lowest BCUT2D eigenvalue weighted by atomic mass is 9.94. The fourth-order valence-electron chi connectivity index (χ4n) is 2.85. The third kappa shape index (κ3) is 3.19. The van der Waals surface area contributed by atoms with Gasteiger partial charge in [0.1, 0.15) is 5.69 Å². The number of H-pyrrole nitrogens is 1. The molecule has 3 aromatic rings. The van der Waals surface area contributed by atoms with E-state index in [0.717, 1.165) is 23.5 Å². The van der Waals surface area contributed by atoms with Gasteiger partial charge in [-0.1, -0.05) is 44.2 Å². The summed E-state index contributed by atoms with van der Waals surface area (Å²) < 4.78 is 0. The van der Waals surface area contributed by atoms with E-state index in [4.69, 9.17) is 0 Å². The van der Waals surface area contributed by atoms with Crippen molar-refractivity contribution < 1.29 is 0 Å². The van der Waals surface area contributed by atoms with Gasteiger partial charge in [0, 0.05) is 17.5 Å². The first-order valence-corrected chi connectivity index (χ1v) is 8.12. The van der Waals surface area contributed by atoms with Crippen LogP contribution in [0.2, 0.25) is 0 Å². The van der Waals surface area contributed by atoms with E-state index in [0.29, 0.717) is 5.92 Å². The smallest absolute Gasteiger partial charge is 0.114 e. The summed E-state index contributed by atoms with van der Waals surface area (Å²) in [5.74, 6) is 0.592. The molecule has 1 aromatic carbocycles. The van der Waals surface area contributed by atoms with Gasteiger partial charge in [0.15, 0.2) is 0 Å². The highest BCUT2D eigenvalue weighted by molar-refractivity contribution is 5.70. The van der Waals surface area contributed by atoms with Crippen LogP contribution in [0.15, 0.2) is 42.6 Å². The number of nitrogens with zero attached hydrogens (tertiary/aromatic N) is 2. The largest absolute Gasteiger partial charge is 0.282 e. The fourth-order valence-corrected chi connectivity index (χ4v) is 2.85. The van der Waals surface area contributed by atoms with Crippen molar-refractivity contribution in [3.63, 3.8) is 0 Å². The predicted molar refractivity (Wildman–Crippen MR) is 95.3 cm³/mol. The lowest BCUT2D eigenvalue weighted by Crippen LogP contribution is -1.99. The molecule has 3 heteroatoms. The van der Waals surface area contributed by atoms with Gasteiger partial charge in [0.05, 0.1) is 5.69 Å². The van der Waals surface area contributed by atoms with Crippen LogP contribution in [-0.2, 0) is 6.42 Å². The molecule has 0 saturated carbocycles. The van der Waals surface area contributed by atoms with Crippen LogP contribution in [0.3, 0.4) is 0 Å². The molecule has 0 fully saturated rings. The molecule has 0 aliphatic rings. The Morgan fingerprint density at radius 2 is 1.83 bits per heavy atom. The Morgan fingerprint density at radius 3 is 2.43 bits per heavy atom. The summed E-state index contributed by atoms with van der Waals surface area (Å²) >= 11 is 0. The highest BCUT2D eigenvalue weighted by atomic mass is 15.1. The van der Waals surface area contributed by atoms with E-state index in [2.05, 4.69) is 66.3 Å². The second-order valence-corrected chi connectivity index (χ2v) is 6.51. The molecule has 2 heterocycles. The first-order valence-electron chi connectivity index (χ1n) is 8.12. The standard InChI is InChI=1S/C20H23N3/c1-13(2)10-17-11-19(20-14(3)15(4)22-23-20)21-12-18(17)16-8-6-5-7-9-16/h5-9,11-13H,10H2,1-4H3,(H,22,23). The zero-order valence-corrected chi connectivity index (χ0v) is 14.2. The lowest BCUT2D eigenvalue weighted by molar-refractivity contribution is 0.648. The van der Waals surface area contributed by atoms with Crippen LogP contribution in [0.5, 0.6) is 0 Å². The molecule has 3 nitrogen and oxygen atoms in total. The van der Waals surface area contributed by atoms with Gasteiger partial charge in [-0.2, -0.15) is 5.10 Å². The maximum Gasteiger partial charge on any atom is 0.114 e. The number of hydrogen-bond acceptors (Lipinski definition) is 2. The van der Waals surface area contributed by atoms with Crippen molar-refractivity contribution in [3.8, 4) is 22.5 Å². The SMILES string of the molecule is Cc1[nH]nc(-c2cc(CC(C)C)c(-c3ccccc3)cn2)c1C. The maximum absolute atomic E-state index is 4.68. The molecule has 2 aromatic heterocycles. The van der Waals surface area contributed by atoms with E-state index in [9.17, 15) is 0 Å². The molecular weight excluding hydrogens is 282 g/mol. The quantitative estimate of drug-likeness (QED) is 0.740. The number of nitrogens with one attached hydrogen (secondary N) is 1. The molecule has 0 saturated heterocycles. The molecule has 0 bridgehead atoms. The van der Waals surface area contributed by atoms with Crippen molar-refractivity contribution in [2.24, 2.45) is 5.92 Å². The van der Waals surface area contributed by atoms with E-state index < -0.39 is 0 Å². The summed E-state index contributed by atoms with van der Waals surface area (Å²) in [4.78, 5) is 4.68. The van der Waals surface area contributed by atoms with Gasteiger partial charge in [-0.3, -0.25) is 10.1 Å². The minimum atomic E-state index is 0.592. The summed E-state index contributed by atoms with van der Waals surface area (Å²) in [6, 6.07) is 12.7. The van der Waals surface area contributed by atoms with Crippen molar-refractivity contribution >= 4 is 0 Å². The number of aromatic nitrogens is 3. The molecule has 0 aliphatic heterocycles.